The fraction of sp³-hybridized carbons (Fsp3) is 0.294. The number of H-pyrrole nitrogens is 1. The van der Waals surface area contributed by atoms with E-state index in [1.54, 1.807) is 4.98 Å². The molecule has 0 fully saturated rings. The number of carbonyl (C=O) groups excluding carboxylic acids is 1. The molecule has 1 atom stereocenters. The van der Waals surface area contributed by atoms with Crippen LogP contribution in [0.5, 0.6) is 0 Å². The fourth-order valence-corrected chi connectivity index (χ4v) is 2.94. The number of pyridine rings is 1. The molecule has 0 aliphatic heterocycles. The highest BCUT2D eigenvalue weighted by Gasteiger charge is 2.31. The van der Waals surface area contributed by atoms with Crippen LogP contribution >= 0.6 is 0 Å². The van der Waals surface area contributed by atoms with Crippen LogP contribution in [0.3, 0.4) is 0 Å². The number of amides is 1. The second-order valence-electron chi connectivity index (χ2n) is 6.28. The Balaban J connectivity index is 2.08. The lowest BCUT2D eigenvalue weighted by Crippen LogP contribution is -2.30. The molecule has 29 heavy (non-hydrogen) atoms. The van der Waals surface area contributed by atoms with E-state index < -0.39 is 45.1 Å². The molecule has 2 aromatic rings. The number of alkyl halides is 3. The molecule has 0 aliphatic rings. The first-order chi connectivity index (χ1) is 13.3. The number of hydrogen-bond donors (Lipinski definition) is 3. The largest absolute Gasteiger partial charge is 0.431 e. The first kappa shape index (κ1) is 22.4. The number of halogens is 4. The third-order valence-electron chi connectivity index (χ3n) is 3.93. The van der Waals surface area contributed by atoms with Crippen LogP contribution in [0.1, 0.15) is 29.7 Å². The first-order valence-electron chi connectivity index (χ1n) is 8.12. The van der Waals surface area contributed by atoms with Gasteiger partial charge in [0.25, 0.3) is 5.56 Å². The van der Waals surface area contributed by atoms with Gasteiger partial charge in [-0.3, -0.25) is 14.3 Å². The van der Waals surface area contributed by atoms with Crippen molar-refractivity contribution >= 4 is 21.6 Å². The third-order valence-corrected chi connectivity index (χ3v) is 4.52. The number of nitrogens with one attached hydrogen (secondary N) is 3. The molecule has 1 amide bonds. The van der Waals surface area contributed by atoms with E-state index in [1.165, 1.54) is 13.0 Å². The molecule has 1 aromatic carbocycles. The molecule has 2 rings (SSSR count). The van der Waals surface area contributed by atoms with Gasteiger partial charge in [-0.05, 0) is 36.8 Å². The van der Waals surface area contributed by atoms with Gasteiger partial charge in [-0.1, -0.05) is 6.07 Å². The first-order valence-corrected chi connectivity index (χ1v) is 10.0. The Hall–Kier alpha value is -2.89. The second-order valence-corrected chi connectivity index (χ2v) is 8.03. The van der Waals surface area contributed by atoms with Gasteiger partial charge in [-0.2, -0.15) is 13.2 Å². The van der Waals surface area contributed by atoms with Crippen molar-refractivity contribution in [3.05, 3.63) is 63.3 Å². The van der Waals surface area contributed by atoms with E-state index in [9.17, 15) is 35.6 Å². The summed E-state index contributed by atoms with van der Waals surface area (Å²) in [5.74, 6) is -2.36. The number of rotatable bonds is 6. The van der Waals surface area contributed by atoms with Crippen molar-refractivity contribution in [1.29, 1.82) is 0 Å². The molecule has 1 heterocycles. The fourth-order valence-electron chi connectivity index (χ4n) is 2.38. The van der Waals surface area contributed by atoms with Gasteiger partial charge in [-0.15, -0.1) is 0 Å². The molecule has 12 heteroatoms. The Morgan fingerprint density at radius 3 is 2.38 bits per heavy atom. The topological polar surface area (TPSA) is 108 Å². The van der Waals surface area contributed by atoms with Crippen molar-refractivity contribution in [2.45, 2.75) is 25.6 Å². The number of benzene rings is 1. The molecule has 0 saturated heterocycles. The SMILES string of the molecule is CC(C(=O)NCc1ccc(C(F)(F)F)[nH]c1=O)c1ccc(NS(C)(=O)=O)c(F)c1. The molecular weight excluding hydrogens is 418 g/mol. The van der Waals surface area contributed by atoms with Gasteiger partial charge in [0.05, 0.1) is 17.9 Å². The minimum absolute atomic E-state index is 0.0857. The molecule has 3 N–H and O–H groups in total. The number of aromatic amines is 1. The lowest BCUT2D eigenvalue weighted by Gasteiger charge is -2.14. The van der Waals surface area contributed by atoms with Crippen molar-refractivity contribution in [3.8, 4) is 0 Å². The predicted molar refractivity (Wildman–Crippen MR) is 97.2 cm³/mol. The Kier molecular flexibility index (Phi) is 6.36. The Bertz CT molecular complexity index is 1080. The quantitative estimate of drug-likeness (QED) is 0.605. The Morgan fingerprint density at radius 2 is 1.86 bits per heavy atom. The average molecular weight is 435 g/mol. The van der Waals surface area contributed by atoms with Crippen LogP contribution in [0.4, 0.5) is 23.2 Å². The van der Waals surface area contributed by atoms with E-state index >= 15 is 0 Å². The summed E-state index contributed by atoms with van der Waals surface area (Å²) in [5.41, 5.74) is -2.32. The van der Waals surface area contributed by atoms with Crippen molar-refractivity contribution < 1.29 is 30.8 Å². The molecule has 1 aromatic heterocycles. The van der Waals surface area contributed by atoms with Crippen LogP contribution in [0.2, 0.25) is 0 Å². The molecule has 0 radical (unpaired) electrons. The van der Waals surface area contributed by atoms with Crippen LogP contribution in [-0.4, -0.2) is 25.6 Å². The smallest absolute Gasteiger partial charge is 0.351 e. The Morgan fingerprint density at radius 1 is 1.21 bits per heavy atom. The summed E-state index contributed by atoms with van der Waals surface area (Å²) in [5, 5.41) is 2.39. The van der Waals surface area contributed by atoms with Crippen LogP contribution in [-0.2, 0) is 27.5 Å². The summed E-state index contributed by atoms with van der Waals surface area (Å²) in [6.07, 6.45) is -3.84. The van der Waals surface area contributed by atoms with Gasteiger partial charge in [0.2, 0.25) is 15.9 Å². The van der Waals surface area contributed by atoms with Gasteiger partial charge < -0.3 is 10.3 Å². The van der Waals surface area contributed by atoms with Crippen molar-refractivity contribution in [2.75, 3.05) is 11.0 Å². The highest BCUT2D eigenvalue weighted by Crippen LogP contribution is 2.26. The molecule has 0 saturated carbocycles. The lowest BCUT2D eigenvalue weighted by atomic mass is 9.99. The summed E-state index contributed by atoms with van der Waals surface area (Å²) in [6, 6.07) is 5.15. The maximum absolute atomic E-state index is 14.0. The summed E-state index contributed by atoms with van der Waals surface area (Å²) < 4.78 is 76.0. The second kappa shape index (κ2) is 8.23. The molecule has 158 valence electrons. The van der Waals surface area contributed by atoms with Gasteiger partial charge in [0.1, 0.15) is 11.5 Å². The number of aromatic nitrogens is 1. The van der Waals surface area contributed by atoms with Gasteiger partial charge in [-0.25, -0.2) is 12.8 Å². The van der Waals surface area contributed by atoms with E-state index in [0.717, 1.165) is 24.5 Å². The summed E-state index contributed by atoms with van der Waals surface area (Å²) in [6.45, 7) is 1.12. The van der Waals surface area contributed by atoms with E-state index in [1.807, 2.05) is 4.72 Å². The molecule has 7 nitrogen and oxygen atoms in total. The van der Waals surface area contributed by atoms with Crippen molar-refractivity contribution in [2.24, 2.45) is 0 Å². The summed E-state index contributed by atoms with van der Waals surface area (Å²) in [4.78, 5) is 25.7. The van der Waals surface area contributed by atoms with Crippen molar-refractivity contribution in [3.63, 3.8) is 0 Å². The zero-order chi connectivity index (χ0) is 22.0. The molecule has 1 unspecified atom stereocenters. The molecule has 0 aliphatic carbocycles. The van der Waals surface area contributed by atoms with Gasteiger partial charge >= 0.3 is 6.18 Å². The van der Waals surface area contributed by atoms with E-state index in [-0.39, 0.29) is 23.4 Å². The molecular formula is C17H17F4N3O4S. The van der Waals surface area contributed by atoms with Crippen LogP contribution in [0, 0.1) is 5.82 Å². The maximum atomic E-state index is 14.0. The predicted octanol–water partition coefficient (Wildman–Crippen LogP) is 2.32. The van der Waals surface area contributed by atoms with Gasteiger partial charge in [0.15, 0.2) is 0 Å². The molecule has 0 spiro atoms. The maximum Gasteiger partial charge on any atom is 0.431 e. The van der Waals surface area contributed by atoms with Crippen molar-refractivity contribution in [1.82, 2.24) is 10.3 Å². The summed E-state index contributed by atoms with van der Waals surface area (Å²) >= 11 is 0. The van der Waals surface area contributed by atoms with Crippen LogP contribution in [0.15, 0.2) is 35.1 Å². The highest BCUT2D eigenvalue weighted by atomic mass is 32.2. The van der Waals surface area contributed by atoms with Crippen LogP contribution < -0.4 is 15.6 Å². The minimum Gasteiger partial charge on any atom is -0.351 e. The molecule has 0 bridgehead atoms. The van der Waals surface area contributed by atoms with E-state index in [0.29, 0.717) is 6.07 Å². The van der Waals surface area contributed by atoms with Crippen LogP contribution in [0.25, 0.3) is 0 Å². The number of sulfonamides is 1. The minimum atomic E-state index is -4.70. The highest BCUT2D eigenvalue weighted by molar-refractivity contribution is 7.92. The lowest BCUT2D eigenvalue weighted by molar-refractivity contribution is -0.141. The number of anilines is 1. The number of carbonyl (C=O) groups is 1. The van der Waals surface area contributed by atoms with E-state index in [4.69, 9.17) is 0 Å². The van der Waals surface area contributed by atoms with E-state index in [2.05, 4.69) is 5.32 Å². The monoisotopic (exact) mass is 435 g/mol. The third kappa shape index (κ3) is 6.04. The number of hydrogen-bond acceptors (Lipinski definition) is 4. The average Bonchev–Trinajstić information content (AvgIpc) is 2.59. The Labute approximate surface area is 163 Å². The summed E-state index contributed by atoms with van der Waals surface area (Å²) in [7, 11) is -3.68. The van der Waals surface area contributed by atoms with Gasteiger partial charge in [0, 0.05) is 12.1 Å². The standard InChI is InChI=1S/C17H17F4N3O4S/c1-9(10-3-5-13(12(18)7-10)24-29(2,27)28)15(25)22-8-11-4-6-14(17(19,20)21)23-16(11)26/h3-7,9,24H,8H2,1-2H3,(H,22,25)(H,23,26). The zero-order valence-electron chi connectivity index (χ0n) is 15.2. The normalized spacial score (nSPS) is 13.0. The zero-order valence-corrected chi connectivity index (χ0v) is 16.0.